The van der Waals surface area contributed by atoms with Crippen LogP contribution < -0.4 is 5.32 Å². The van der Waals surface area contributed by atoms with Crippen molar-refractivity contribution < 1.29 is 19.1 Å². The van der Waals surface area contributed by atoms with Crippen molar-refractivity contribution in [3.8, 4) is 0 Å². The van der Waals surface area contributed by atoms with Crippen LogP contribution in [0.4, 0.5) is 5.69 Å². The van der Waals surface area contributed by atoms with Gasteiger partial charge in [0.25, 0.3) is 0 Å². The van der Waals surface area contributed by atoms with E-state index in [-0.39, 0.29) is 24.2 Å². The molecule has 0 bridgehead atoms. The SMILES string of the molecule is Cc1ccc(C)c(C(=O)OCC(=O)c2ccc3c(c2)[C@@H](C)C(=O)N3)c1. The molecule has 5 nitrogen and oxygen atoms in total. The zero-order chi connectivity index (χ0) is 18.1. The van der Waals surface area contributed by atoms with Crippen LogP contribution in [0.25, 0.3) is 0 Å². The Balaban J connectivity index is 1.70. The van der Waals surface area contributed by atoms with Crippen molar-refractivity contribution in [1.29, 1.82) is 0 Å². The number of hydrogen-bond acceptors (Lipinski definition) is 4. The highest BCUT2D eigenvalue weighted by Crippen LogP contribution is 2.32. The molecule has 0 aromatic heterocycles. The molecule has 2 aromatic carbocycles. The number of nitrogens with one attached hydrogen (secondary N) is 1. The smallest absolute Gasteiger partial charge is 0.338 e. The number of amides is 1. The number of rotatable bonds is 4. The molecule has 0 aliphatic carbocycles. The van der Waals surface area contributed by atoms with E-state index in [2.05, 4.69) is 5.32 Å². The number of ether oxygens (including phenoxy) is 1. The van der Waals surface area contributed by atoms with E-state index in [9.17, 15) is 14.4 Å². The summed E-state index contributed by atoms with van der Waals surface area (Å²) in [6.45, 7) is 5.17. The molecule has 128 valence electrons. The van der Waals surface area contributed by atoms with Crippen LogP contribution in [0.2, 0.25) is 0 Å². The van der Waals surface area contributed by atoms with Gasteiger partial charge in [0.05, 0.1) is 11.5 Å². The molecule has 2 aromatic rings. The highest BCUT2D eigenvalue weighted by molar-refractivity contribution is 6.05. The van der Waals surface area contributed by atoms with Crippen molar-refractivity contribution in [2.75, 3.05) is 11.9 Å². The number of anilines is 1. The van der Waals surface area contributed by atoms with Gasteiger partial charge >= 0.3 is 5.97 Å². The van der Waals surface area contributed by atoms with Crippen LogP contribution in [0.3, 0.4) is 0 Å². The Kier molecular flexibility index (Phi) is 4.40. The molecule has 0 radical (unpaired) electrons. The number of aryl methyl sites for hydroxylation is 2. The van der Waals surface area contributed by atoms with Gasteiger partial charge in [-0.3, -0.25) is 9.59 Å². The molecule has 0 unspecified atom stereocenters. The molecule has 1 heterocycles. The Morgan fingerprint density at radius 3 is 2.64 bits per heavy atom. The number of esters is 1. The number of carbonyl (C=O) groups excluding carboxylic acids is 3. The zero-order valence-electron chi connectivity index (χ0n) is 14.4. The van der Waals surface area contributed by atoms with Crippen LogP contribution in [0, 0.1) is 13.8 Å². The lowest BCUT2D eigenvalue weighted by Crippen LogP contribution is -2.15. The highest BCUT2D eigenvalue weighted by Gasteiger charge is 2.27. The first kappa shape index (κ1) is 16.9. The number of carbonyl (C=O) groups is 3. The monoisotopic (exact) mass is 337 g/mol. The average molecular weight is 337 g/mol. The van der Waals surface area contributed by atoms with Gasteiger partial charge < -0.3 is 10.1 Å². The van der Waals surface area contributed by atoms with Gasteiger partial charge in [0.2, 0.25) is 5.91 Å². The van der Waals surface area contributed by atoms with Crippen molar-refractivity contribution in [2.24, 2.45) is 0 Å². The molecule has 3 rings (SSSR count). The summed E-state index contributed by atoms with van der Waals surface area (Å²) < 4.78 is 5.18. The number of benzene rings is 2. The Bertz CT molecular complexity index is 885. The van der Waals surface area contributed by atoms with E-state index < -0.39 is 5.97 Å². The molecule has 1 amide bonds. The normalized spacial score (nSPS) is 15.5. The van der Waals surface area contributed by atoms with Gasteiger partial charge in [-0.25, -0.2) is 4.79 Å². The lowest BCUT2D eigenvalue weighted by Gasteiger charge is -2.09. The fraction of sp³-hybridized carbons (Fsp3) is 0.250. The lowest BCUT2D eigenvalue weighted by molar-refractivity contribution is -0.116. The van der Waals surface area contributed by atoms with Crippen LogP contribution in [0.5, 0.6) is 0 Å². The fourth-order valence-electron chi connectivity index (χ4n) is 2.84. The van der Waals surface area contributed by atoms with Crippen LogP contribution in [0.1, 0.15) is 50.2 Å². The standard InChI is InChI=1S/C20H19NO4/c1-11-4-5-12(2)15(8-11)20(24)25-10-18(22)14-6-7-17-16(9-14)13(3)19(23)21-17/h4-9,13H,10H2,1-3H3,(H,21,23)/t13-/m1/s1. The molecule has 0 fully saturated rings. The first-order valence-corrected chi connectivity index (χ1v) is 8.09. The van der Waals surface area contributed by atoms with Gasteiger partial charge in [-0.2, -0.15) is 0 Å². The summed E-state index contributed by atoms with van der Waals surface area (Å²) in [5.74, 6) is -1.19. The van der Waals surface area contributed by atoms with Crippen molar-refractivity contribution >= 4 is 23.3 Å². The number of hydrogen-bond donors (Lipinski definition) is 1. The Hall–Kier alpha value is -2.95. The molecule has 0 saturated heterocycles. The van der Waals surface area contributed by atoms with E-state index in [1.165, 1.54) is 0 Å². The topological polar surface area (TPSA) is 72.5 Å². The van der Waals surface area contributed by atoms with Crippen LogP contribution in [-0.4, -0.2) is 24.3 Å². The van der Waals surface area contributed by atoms with Gasteiger partial charge in [-0.05, 0) is 56.2 Å². The average Bonchev–Trinajstić information content (AvgIpc) is 2.88. The van der Waals surface area contributed by atoms with E-state index in [4.69, 9.17) is 4.74 Å². The maximum absolute atomic E-state index is 12.3. The summed E-state index contributed by atoms with van der Waals surface area (Å²) >= 11 is 0. The Morgan fingerprint density at radius 1 is 1.12 bits per heavy atom. The molecule has 0 saturated carbocycles. The minimum absolute atomic E-state index is 0.0825. The lowest BCUT2D eigenvalue weighted by atomic mass is 9.99. The largest absolute Gasteiger partial charge is 0.454 e. The number of fused-ring (bicyclic) bond motifs is 1. The summed E-state index contributed by atoms with van der Waals surface area (Å²) in [7, 11) is 0. The van der Waals surface area contributed by atoms with Crippen LogP contribution in [-0.2, 0) is 9.53 Å². The van der Waals surface area contributed by atoms with E-state index in [0.29, 0.717) is 11.1 Å². The summed E-state index contributed by atoms with van der Waals surface area (Å²) in [6.07, 6.45) is 0. The predicted molar refractivity (Wildman–Crippen MR) is 94.0 cm³/mol. The molecule has 5 heteroatoms. The van der Waals surface area contributed by atoms with Crippen LogP contribution >= 0.6 is 0 Å². The summed E-state index contributed by atoms with van der Waals surface area (Å²) in [4.78, 5) is 36.2. The summed E-state index contributed by atoms with van der Waals surface area (Å²) in [6, 6.07) is 10.5. The highest BCUT2D eigenvalue weighted by atomic mass is 16.5. The van der Waals surface area contributed by atoms with E-state index in [0.717, 1.165) is 22.4 Å². The predicted octanol–water partition coefficient (Wildman–Crippen LogP) is 3.40. The quantitative estimate of drug-likeness (QED) is 0.685. The molecule has 1 aliphatic rings. The molecular weight excluding hydrogens is 318 g/mol. The minimum atomic E-state index is -0.513. The summed E-state index contributed by atoms with van der Waals surface area (Å²) in [5, 5.41) is 2.76. The van der Waals surface area contributed by atoms with Gasteiger partial charge in [-0.1, -0.05) is 17.7 Å². The molecule has 1 N–H and O–H groups in total. The molecule has 1 atom stereocenters. The van der Waals surface area contributed by atoms with Gasteiger partial charge in [0.15, 0.2) is 12.4 Å². The molecule has 0 spiro atoms. The molecule has 1 aliphatic heterocycles. The maximum atomic E-state index is 12.3. The van der Waals surface area contributed by atoms with Gasteiger partial charge in [0, 0.05) is 11.3 Å². The van der Waals surface area contributed by atoms with Crippen LogP contribution in [0.15, 0.2) is 36.4 Å². The van der Waals surface area contributed by atoms with Crippen molar-refractivity contribution in [3.05, 3.63) is 64.2 Å². The first-order chi connectivity index (χ1) is 11.9. The Morgan fingerprint density at radius 2 is 1.88 bits per heavy atom. The fourth-order valence-corrected chi connectivity index (χ4v) is 2.84. The van der Waals surface area contributed by atoms with E-state index in [1.54, 1.807) is 31.2 Å². The van der Waals surface area contributed by atoms with E-state index >= 15 is 0 Å². The third-order valence-electron chi connectivity index (χ3n) is 4.44. The maximum Gasteiger partial charge on any atom is 0.338 e. The Labute approximate surface area is 146 Å². The first-order valence-electron chi connectivity index (χ1n) is 8.09. The van der Waals surface area contributed by atoms with Gasteiger partial charge in [-0.15, -0.1) is 0 Å². The number of Topliss-reactive ketones (excluding diaryl/α,β-unsaturated/α-hetero) is 1. The van der Waals surface area contributed by atoms with Gasteiger partial charge in [0.1, 0.15) is 0 Å². The van der Waals surface area contributed by atoms with Crippen molar-refractivity contribution in [3.63, 3.8) is 0 Å². The van der Waals surface area contributed by atoms with Crippen molar-refractivity contribution in [1.82, 2.24) is 0 Å². The molecule has 25 heavy (non-hydrogen) atoms. The van der Waals surface area contributed by atoms with Crippen molar-refractivity contribution in [2.45, 2.75) is 26.7 Å². The second-order valence-electron chi connectivity index (χ2n) is 6.33. The third kappa shape index (κ3) is 3.31. The minimum Gasteiger partial charge on any atom is -0.454 e. The summed E-state index contributed by atoms with van der Waals surface area (Å²) in [5.41, 5.74) is 4.16. The number of ketones is 1. The third-order valence-corrected chi connectivity index (χ3v) is 4.44. The molecular formula is C20H19NO4. The second kappa shape index (κ2) is 6.51. The van der Waals surface area contributed by atoms with E-state index in [1.807, 2.05) is 26.0 Å². The second-order valence-corrected chi connectivity index (χ2v) is 6.33. The zero-order valence-corrected chi connectivity index (χ0v) is 14.4.